The highest BCUT2D eigenvalue weighted by molar-refractivity contribution is 6.01. The van der Waals surface area contributed by atoms with Gasteiger partial charge in [0.15, 0.2) is 23.8 Å². The lowest BCUT2D eigenvalue weighted by atomic mass is 9.43. The standard InChI is InChI=1S/C26H33F2NO5/c1-14(30)34-12-22(33)25-13-29(4)11-15(25)7-17-18-9-20(27)19-8-16(31)5-6-23(19,2)26(18,28)21(32)10-24(17,25)3/h5-6,8,15,17-18,20-21,32H,7,9-13H2,1-4H3/t15-,17-,18?,20-,21-,23-,24-,25+,26-/m0/s1. The Balaban J connectivity index is 1.61. The van der Waals surface area contributed by atoms with Crippen molar-refractivity contribution in [3.05, 3.63) is 23.8 Å². The van der Waals surface area contributed by atoms with Crippen LogP contribution in [0.4, 0.5) is 8.78 Å². The molecule has 1 N–H and O–H groups in total. The monoisotopic (exact) mass is 477 g/mol. The van der Waals surface area contributed by atoms with Gasteiger partial charge in [-0.3, -0.25) is 14.4 Å². The Hall–Kier alpha value is -1.93. The van der Waals surface area contributed by atoms with Gasteiger partial charge in [0.1, 0.15) is 6.17 Å². The number of aliphatic hydroxyl groups is 1. The van der Waals surface area contributed by atoms with Crippen molar-refractivity contribution in [2.24, 2.45) is 34.0 Å². The number of ketones is 2. The number of hydrogen-bond donors (Lipinski definition) is 1. The van der Waals surface area contributed by atoms with Gasteiger partial charge in [0.2, 0.25) is 0 Å². The second-order valence-electron chi connectivity index (χ2n) is 11.7. The highest BCUT2D eigenvalue weighted by Crippen LogP contribution is 2.74. The molecule has 4 aliphatic carbocycles. The number of hydrogen-bond acceptors (Lipinski definition) is 6. The summed E-state index contributed by atoms with van der Waals surface area (Å²) in [5, 5.41) is 11.5. The van der Waals surface area contributed by atoms with E-state index in [0.717, 1.165) is 0 Å². The number of alkyl halides is 2. The van der Waals surface area contributed by atoms with Crippen LogP contribution in [0.2, 0.25) is 0 Å². The minimum absolute atomic E-state index is 0.0441. The van der Waals surface area contributed by atoms with Crippen molar-refractivity contribution in [1.82, 2.24) is 4.90 Å². The third kappa shape index (κ3) is 2.70. The highest BCUT2D eigenvalue weighted by Gasteiger charge is 2.78. The Morgan fingerprint density at radius 2 is 1.97 bits per heavy atom. The van der Waals surface area contributed by atoms with E-state index in [2.05, 4.69) is 4.90 Å². The number of fused-ring (bicyclic) bond motifs is 7. The van der Waals surface area contributed by atoms with Crippen molar-refractivity contribution in [3.8, 4) is 0 Å². The van der Waals surface area contributed by atoms with Crippen LogP contribution in [-0.4, -0.2) is 72.2 Å². The molecule has 1 unspecified atom stereocenters. The van der Waals surface area contributed by atoms with Crippen molar-refractivity contribution < 1.29 is 33.0 Å². The largest absolute Gasteiger partial charge is 0.458 e. The molecule has 5 rings (SSSR count). The molecule has 0 bridgehead atoms. The fourth-order valence-electron chi connectivity index (χ4n) is 8.81. The molecule has 186 valence electrons. The third-order valence-electron chi connectivity index (χ3n) is 10.2. The summed E-state index contributed by atoms with van der Waals surface area (Å²) in [5.74, 6) is -2.37. The number of ether oxygens (including phenoxy) is 1. The summed E-state index contributed by atoms with van der Waals surface area (Å²) in [5.41, 5.74) is -5.20. The van der Waals surface area contributed by atoms with E-state index < -0.39 is 46.1 Å². The van der Waals surface area contributed by atoms with Crippen LogP contribution in [0.25, 0.3) is 0 Å². The second kappa shape index (κ2) is 7.29. The minimum atomic E-state index is -2.16. The van der Waals surface area contributed by atoms with E-state index >= 15 is 8.78 Å². The number of carbonyl (C=O) groups is 3. The number of rotatable bonds is 3. The second-order valence-corrected chi connectivity index (χ2v) is 11.7. The van der Waals surface area contributed by atoms with Gasteiger partial charge in [-0.05, 0) is 68.2 Å². The number of allylic oxidation sites excluding steroid dienone is 4. The van der Waals surface area contributed by atoms with E-state index in [4.69, 9.17) is 4.74 Å². The van der Waals surface area contributed by atoms with Crippen LogP contribution in [0, 0.1) is 34.0 Å². The first-order chi connectivity index (χ1) is 15.8. The minimum Gasteiger partial charge on any atom is -0.458 e. The van der Waals surface area contributed by atoms with E-state index in [9.17, 15) is 19.5 Å². The van der Waals surface area contributed by atoms with Crippen molar-refractivity contribution >= 4 is 17.5 Å². The first-order valence-corrected chi connectivity index (χ1v) is 12.1. The maximum atomic E-state index is 17.3. The summed E-state index contributed by atoms with van der Waals surface area (Å²) < 4.78 is 37.9. The molecule has 34 heavy (non-hydrogen) atoms. The summed E-state index contributed by atoms with van der Waals surface area (Å²) in [4.78, 5) is 39.2. The van der Waals surface area contributed by atoms with Gasteiger partial charge in [-0.15, -0.1) is 0 Å². The average molecular weight is 478 g/mol. The van der Waals surface area contributed by atoms with Crippen molar-refractivity contribution in [1.29, 1.82) is 0 Å². The lowest BCUT2D eigenvalue weighted by Gasteiger charge is -2.63. The zero-order valence-corrected chi connectivity index (χ0v) is 20.1. The van der Waals surface area contributed by atoms with Crippen LogP contribution in [0.15, 0.2) is 23.8 Å². The smallest absolute Gasteiger partial charge is 0.303 e. The van der Waals surface area contributed by atoms with Crippen LogP contribution >= 0.6 is 0 Å². The van der Waals surface area contributed by atoms with E-state index in [-0.39, 0.29) is 48.4 Å². The number of nitrogens with zero attached hydrogens (tertiary/aromatic N) is 1. The number of Topliss-reactive ketones (excluding diaryl/α,β-unsaturated/α-hetero) is 1. The first-order valence-electron chi connectivity index (χ1n) is 12.1. The van der Waals surface area contributed by atoms with Crippen LogP contribution in [0.3, 0.4) is 0 Å². The Morgan fingerprint density at radius 3 is 2.65 bits per heavy atom. The number of likely N-dealkylation sites (tertiary alicyclic amines) is 1. The summed E-state index contributed by atoms with van der Waals surface area (Å²) in [6.45, 7) is 5.48. The van der Waals surface area contributed by atoms with Gasteiger partial charge in [-0.1, -0.05) is 13.0 Å². The normalized spacial score (nSPS) is 49.6. The van der Waals surface area contributed by atoms with Crippen molar-refractivity contribution in [2.45, 2.75) is 58.0 Å². The molecule has 0 aromatic carbocycles. The van der Waals surface area contributed by atoms with E-state index in [0.29, 0.717) is 19.5 Å². The number of esters is 1. The van der Waals surface area contributed by atoms with Gasteiger partial charge in [-0.25, -0.2) is 8.78 Å². The molecule has 0 spiro atoms. The Morgan fingerprint density at radius 1 is 1.26 bits per heavy atom. The maximum Gasteiger partial charge on any atom is 0.303 e. The van der Waals surface area contributed by atoms with Crippen LogP contribution in [-0.2, 0) is 19.1 Å². The fraction of sp³-hybridized carbons (Fsp3) is 0.731. The number of carbonyl (C=O) groups excluding carboxylic acids is 3. The molecule has 4 fully saturated rings. The van der Waals surface area contributed by atoms with Gasteiger partial charge in [0, 0.05) is 31.3 Å². The number of aliphatic hydroxyl groups excluding tert-OH is 1. The van der Waals surface area contributed by atoms with E-state index in [1.54, 1.807) is 6.92 Å². The molecule has 0 amide bonds. The van der Waals surface area contributed by atoms with Crippen LogP contribution in [0.1, 0.15) is 40.0 Å². The highest BCUT2D eigenvalue weighted by atomic mass is 19.1. The Kier molecular flexibility index (Phi) is 5.10. The predicted octanol–water partition coefficient (Wildman–Crippen LogP) is 2.60. The van der Waals surface area contributed by atoms with Gasteiger partial charge < -0.3 is 14.7 Å². The summed E-state index contributed by atoms with van der Waals surface area (Å²) >= 11 is 0. The van der Waals surface area contributed by atoms with E-state index in [1.807, 2.05) is 14.0 Å². The quantitative estimate of drug-likeness (QED) is 0.630. The van der Waals surface area contributed by atoms with Gasteiger partial charge in [0.05, 0.1) is 11.5 Å². The van der Waals surface area contributed by atoms with Crippen LogP contribution in [0.5, 0.6) is 0 Å². The predicted molar refractivity (Wildman–Crippen MR) is 119 cm³/mol. The Labute approximate surface area is 198 Å². The van der Waals surface area contributed by atoms with Gasteiger partial charge in [0.25, 0.3) is 0 Å². The summed E-state index contributed by atoms with van der Waals surface area (Å²) in [6, 6.07) is 0. The number of halogens is 2. The molecular formula is C26H33F2NO5. The summed E-state index contributed by atoms with van der Waals surface area (Å²) in [6.07, 6.45) is 1.39. The van der Waals surface area contributed by atoms with E-state index in [1.165, 1.54) is 25.2 Å². The SMILES string of the molecule is CC(=O)OCC(=O)[C@@]12CN(C)C[C@@H]1C[C@H]1C3C[C@H](F)C4=CC(=O)C=C[C@]4(C)[C@@]3(F)[C@@H](O)C[C@@]12C. The average Bonchev–Trinajstić information content (AvgIpc) is 3.21. The molecule has 0 aromatic rings. The zero-order valence-electron chi connectivity index (χ0n) is 20.1. The molecule has 1 saturated heterocycles. The molecule has 0 aromatic heterocycles. The maximum absolute atomic E-state index is 17.3. The topological polar surface area (TPSA) is 83.9 Å². The van der Waals surface area contributed by atoms with Gasteiger partial charge >= 0.3 is 5.97 Å². The summed E-state index contributed by atoms with van der Waals surface area (Å²) in [7, 11) is 1.93. The van der Waals surface area contributed by atoms with Crippen LogP contribution < -0.4 is 0 Å². The fourth-order valence-corrected chi connectivity index (χ4v) is 8.81. The lowest BCUT2D eigenvalue weighted by Crippen LogP contribution is -2.69. The molecular weight excluding hydrogens is 444 g/mol. The first kappa shape index (κ1) is 23.8. The third-order valence-corrected chi connectivity index (χ3v) is 10.2. The van der Waals surface area contributed by atoms with Crippen molar-refractivity contribution in [2.75, 3.05) is 26.7 Å². The molecule has 0 radical (unpaired) electrons. The molecule has 3 saturated carbocycles. The van der Waals surface area contributed by atoms with Crippen molar-refractivity contribution in [3.63, 3.8) is 0 Å². The Bertz CT molecular complexity index is 1030. The molecule has 9 atom stereocenters. The molecule has 6 nitrogen and oxygen atoms in total. The zero-order chi connectivity index (χ0) is 24.8. The lowest BCUT2D eigenvalue weighted by molar-refractivity contribution is -0.212. The molecule has 5 aliphatic rings. The molecule has 1 heterocycles. The van der Waals surface area contributed by atoms with Gasteiger partial charge in [-0.2, -0.15) is 0 Å². The molecule has 1 aliphatic heterocycles. The molecule has 8 heteroatoms.